The first-order valence-electron chi connectivity index (χ1n) is 5.60. The van der Waals surface area contributed by atoms with Gasteiger partial charge in [-0.3, -0.25) is 4.79 Å². The van der Waals surface area contributed by atoms with Gasteiger partial charge in [0.05, 0.1) is 5.56 Å². The quantitative estimate of drug-likeness (QED) is 0.832. The molecule has 0 saturated heterocycles. The molecule has 4 N–H and O–H groups in total. The highest BCUT2D eigenvalue weighted by Crippen LogP contribution is 2.28. The smallest absolute Gasteiger partial charge is 0.250 e. The molecule has 19 heavy (non-hydrogen) atoms. The molecule has 0 spiro atoms. The van der Waals surface area contributed by atoms with Crippen molar-refractivity contribution in [3.8, 4) is 11.5 Å². The number of aryl methyl sites for hydroxylation is 1. The Labute approximate surface area is 109 Å². The van der Waals surface area contributed by atoms with E-state index in [4.69, 9.17) is 16.2 Å². The first kappa shape index (κ1) is 12.9. The van der Waals surface area contributed by atoms with Crippen LogP contribution in [0.1, 0.15) is 15.9 Å². The average molecular weight is 260 g/mol. The highest BCUT2D eigenvalue weighted by molar-refractivity contribution is 5.98. The van der Waals surface area contributed by atoms with Crippen LogP contribution in [0.4, 0.5) is 10.1 Å². The van der Waals surface area contributed by atoms with Crippen molar-refractivity contribution < 1.29 is 13.9 Å². The molecule has 0 aliphatic carbocycles. The topological polar surface area (TPSA) is 78.3 Å². The summed E-state index contributed by atoms with van der Waals surface area (Å²) in [5.41, 5.74) is 11.7. The molecule has 0 saturated carbocycles. The maximum atomic E-state index is 13.7. The van der Waals surface area contributed by atoms with Crippen molar-refractivity contribution in [2.45, 2.75) is 6.92 Å². The molecule has 98 valence electrons. The van der Waals surface area contributed by atoms with Crippen molar-refractivity contribution >= 4 is 11.6 Å². The maximum absolute atomic E-state index is 13.7. The van der Waals surface area contributed by atoms with Crippen molar-refractivity contribution in [1.82, 2.24) is 0 Å². The van der Waals surface area contributed by atoms with E-state index < -0.39 is 11.7 Å². The van der Waals surface area contributed by atoms with Crippen molar-refractivity contribution in [3.63, 3.8) is 0 Å². The number of hydrogen-bond acceptors (Lipinski definition) is 3. The lowest BCUT2D eigenvalue weighted by Gasteiger charge is -2.10. The Morgan fingerprint density at radius 3 is 2.63 bits per heavy atom. The predicted molar refractivity (Wildman–Crippen MR) is 70.6 cm³/mol. The molecular formula is C14H13FN2O2. The number of ether oxygens (including phenoxy) is 1. The number of nitrogen functional groups attached to an aromatic ring is 1. The largest absolute Gasteiger partial charge is 0.454 e. The van der Waals surface area contributed by atoms with Gasteiger partial charge in [0, 0.05) is 11.8 Å². The lowest BCUT2D eigenvalue weighted by Crippen LogP contribution is -2.14. The van der Waals surface area contributed by atoms with Crippen molar-refractivity contribution in [2.24, 2.45) is 5.73 Å². The van der Waals surface area contributed by atoms with E-state index in [1.165, 1.54) is 6.07 Å². The van der Waals surface area contributed by atoms with Crippen LogP contribution in [0.5, 0.6) is 11.5 Å². The Balaban J connectivity index is 2.40. The standard InChI is InChI=1S/C14H13FN2O2/c1-8-3-2-4-9(5-8)19-13-6-10(14(17)18)12(16)7-11(13)15/h2-7H,16H2,1H3,(H2,17,18). The summed E-state index contributed by atoms with van der Waals surface area (Å²) in [5.74, 6) is -0.997. The van der Waals surface area contributed by atoms with Crippen LogP contribution in [-0.2, 0) is 0 Å². The molecule has 0 bridgehead atoms. The molecule has 0 atom stereocenters. The molecule has 0 fully saturated rings. The first-order valence-corrected chi connectivity index (χ1v) is 5.60. The molecule has 0 aromatic heterocycles. The lowest BCUT2D eigenvalue weighted by molar-refractivity contribution is 0.100. The number of rotatable bonds is 3. The molecule has 1 amide bonds. The number of benzene rings is 2. The third-order valence-electron chi connectivity index (χ3n) is 2.59. The summed E-state index contributed by atoms with van der Waals surface area (Å²) in [4.78, 5) is 11.2. The third-order valence-corrected chi connectivity index (χ3v) is 2.59. The van der Waals surface area contributed by atoms with Crippen molar-refractivity contribution in [1.29, 1.82) is 0 Å². The zero-order chi connectivity index (χ0) is 14.0. The summed E-state index contributed by atoms with van der Waals surface area (Å²) in [6.45, 7) is 1.89. The van der Waals surface area contributed by atoms with Gasteiger partial charge in [0.15, 0.2) is 11.6 Å². The summed E-state index contributed by atoms with van der Waals surface area (Å²) in [5, 5.41) is 0. The second-order valence-corrected chi connectivity index (χ2v) is 4.15. The van der Waals surface area contributed by atoms with E-state index in [-0.39, 0.29) is 17.0 Å². The molecule has 2 aromatic carbocycles. The summed E-state index contributed by atoms with van der Waals surface area (Å²) in [7, 11) is 0. The molecule has 2 rings (SSSR count). The van der Waals surface area contributed by atoms with Gasteiger partial charge in [-0.25, -0.2) is 4.39 Å². The van der Waals surface area contributed by atoms with Gasteiger partial charge < -0.3 is 16.2 Å². The fraction of sp³-hybridized carbons (Fsp3) is 0.0714. The number of carbonyl (C=O) groups excluding carboxylic acids is 1. The monoisotopic (exact) mass is 260 g/mol. The lowest BCUT2D eigenvalue weighted by atomic mass is 10.1. The molecular weight excluding hydrogens is 247 g/mol. The second kappa shape index (κ2) is 4.97. The van der Waals surface area contributed by atoms with Crippen LogP contribution in [0.3, 0.4) is 0 Å². The van der Waals surface area contributed by atoms with E-state index >= 15 is 0 Å². The molecule has 5 heteroatoms. The number of primary amides is 1. The highest BCUT2D eigenvalue weighted by atomic mass is 19.1. The summed E-state index contributed by atoms with van der Waals surface area (Å²) in [6, 6.07) is 9.34. The Bertz CT molecular complexity index is 641. The minimum absolute atomic E-state index is 0.0124. The summed E-state index contributed by atoms with van der Waals surface area (Å²) >= 11 is 0. The zero-order valence-electron chi connectivity index (χ0n) is 10.3. The van der Waals surface area contributed by atoms with E-state index in [0.29, 0.717) is 5.75 Å². The fourth-order valence-corrected chi connectivity index (χ4v) is 1.67. The third kappa shape index (κ3) is 2.82. The van der Waals surface area contributed by atoms with Gasteiger partial charge in [-0.05, 0) is 30.7 Å². The number of halogens is 1. The van der Waals surface area contributed by atoms with Crippen LogP contribution >= 0.6 is 0 Å². The van der Waals surface area contributed by atoms with Crippen molar-refractivity contribution in [3.05, 3.63) is 53.3 Å². The first-order chi connectivity index (χ1) is 8.97. The fourth-order valence-electron chi connectivity index (χ4n) is 1.67. The van der Waals surface area contributed by atoms with E-state index in [9.17, 15) is 9.18 Å². The molecule has 0 heterocycles. The molecule has 4 nitrogen and oxygen atoms in total. The minimum Gasteiger partial charge on any atom is -0.454 e. The molecule has 0 aliphatic heterocycles. The van der Waals surface area contributed by atoms with Crippen LogP contribution in [0, 0.1) is 12.7 Å². The SMILES string of the molecule is Cc1cccc(Oc2cc(C(N)=O)c(N)cc2F)c1. The Morgan fingerprint density at radius 2 is 2.00 bits per heavy atom. The number of carbonyl (C=O) groups is 1. The van der Waals surface area contributed by atoms with Gasteiger partial charge >= 0.3 is 0 Å². The number of nitrogens with two attached hydrogens (primary N) is 2. The van der Waals surface area contributed by atoms with Crippen LogP contribution < -0.4 is 16.2 Å². The van der Waals surface area contributed by atoms with Crippen LogP contribution in [0.25, 0.3) is 0 Å². The van der Waals surface area contributed by atoms with Gasteiger partial charge in [0.2, 0.25) is 0 Å². The number of anilines is 1. The maximum Gasteiger partial charge on any atom is 0.250 e. The Kier molecular flexibility index (Phi) is 3.37. The highest BCUT2D eigenvalue weighted by Gasteiger charge is 2.13. The van der Waals surface area contributed by atoms with E-state index in [2.05, 4.69) is 0 Å². The molecule has 0 unspecified atom stereocenters. The predicted octanol–water partition coefficient (Wildman–Crippen LogP) is 2.61. The van der Waals surface area contributed by atoms with E-state index in [1.807, 2.05) is 13.0 Å². The molecule has 0 radical (unpaired) electrons. The van der Waals surface area contributed by atoms with Gasteiger partial charge in [-0.1, -0.05) is 12.1 Å². The van der Waals surface area contributed by atoms with Crippen molar-refractivity contribution in [2.75, 3.05) is 5.73 Å². The summed E-state index contributed by atoms with van der Waals surface area (Å²) < 4.78 is 19.1. The van der Waals surface area contributed by atoms with Gasteiger partial charge in [0.25, 0.3) is 5.91 Å². The molecule has 2 aromatic rings. The van der Waals surface area contributed by atoms with Crippen LogP contribution in [0.2, 0.25) is 0 Å². The van der Waals surface area contributed by atoms with Gasteiger partial charge in [-0.15, -0.1) is 0 Å². The van der Waals surface area contributed by atoms with Crippen LogP contribution in [0.15, 0.2) is 36.4 Å². The van der Waals surface area contributed by atoms with Crippen LogP contribution in [-0.4, -0.2) is 5.91 Å². The number of amides is 1. The van der Waals surface area contributed by atoms with E-state index in [0.717, 1.165) is 11.6 Å². The normalized spacial score (nSPS) is 10.2. The average Bonchev–Trinajstić information content (AvgIpc) is 2.32. The minimum atomic E-state index is -0.730. The second-order valence-electron chi connectivity index (χ2n) is 4.15. The Morgan fingerprint density at radius 1 is 1.26 bits per heavy atom. The van der Waals surface area contributed by atoms with Gasteiger partial charge in [-0.2, -0.15) is 0 Å². The van der Waals surface area contributed by atoms with Gasteiger partial charge in [0.1, 0.15) is 5.75 Å². The van der Waals surface area contributed by atoms with E-state index in [1.54, 1.807) is 18.2 Å². The molecule has 0 aliphatic rings. The Hall–Kier alpha value is -2.56. The zero-order valence-corrected chi connectivity index (χ0v) is 10.3. The number of hydrogen-bond donors (Lipinski definition) is 2. The summed E-state index contributed by atoms with van der Waals surface area (Å²) in [6.07, 6.45) is 0.